The third-order valence-electron chi connectivity index (χ3n) is 3.19. The molecule has 1 nitrogen and oxygen atoms in total. The predicted octanol–water partition coefficient (Wildman–Crippen LogP) is 3.31. The van der Waals surface area contributed by atoms with Gasteiger partial charge in [-0.05, 0) is 38.0 Å². The summed E-state index contributed by atoms with van der Waals surface area (Å²) in [5.74, 6) is 1.18. The topological polar surface area (TPSA) is 20.2 Å². The SMILES string of the molecule is Cc1cccc(C(O)C2(C)CCCS2)c1. The largest absolute Gasteiger partial charge is 0.387 e. The third kappa shape index (κ3) is 2.21. The monoisotopic (exact) mass is 222 g/mol. The molecule has 1 fully saturated rings. The van der Waals surface area contributed by atoms with Crippen LogP contribution in [0.15, 0.2) is 24.3 Å². The second kappa shape index (κ2) is 4.18. The summed E-state index contributed by atoms with van der Waals surface area (Å²) in [6.07, 6.45) is 2.02. The predicted molar refractivity (Wildman–Crippen MR) is 66.2 cm³/mol. The van der Waals surface area contributed by atoms with E-state index in [-0.39, 0.29) is 10.9 Å². The number of aliphatic hydroxyl groups excluding tert-OH is 1. The van der Waals surface area contributed by atoms with Gasteiger partial charge in [-0.2, -0.15) is 11.8 Å². The Balaban J connectivity index is 2.23. The van der Waals surface area contributed by atoms with Crippen molar-refractivity contribution in [3.63, 3.8) is 0 Å². The van der Waals surface area contributed by atoms with Gasteiger partial charge in [0.15, 0.2) is 0 Å². The van der Waals surface area contributed by atoms with Gasteiger partial charge >= 0.3 is 0 Å². The minimum absolute atomic E-state index is 0.0216. The Hall–Kier alpha value is -0.470. The van der Waals surface area contributed by atoms with Gasteiger partial charge in [-0.3, -0.25) is 0 Å². The minimum atomic E-state index is -0.329. The molecule has 1 N–H and O–H groups in total. The standard InChI is InChI=1S/C13H18OS/c1-10-5-3-6-11(9-10)12(14)13(2)7-4-8-15-13/h3,5-6,9,12,14H,4,7-8H2,1-2H3. The van der Waals surface area contributed by atoms with Crippen LogP contribution < -0.4 is 0 Å². The highest BCUT2D eigenvalue weighted by atomic mass is 32.2. The van der Waals surface area contributed by atoms with Crippen LogP contribution in [-0.2, 0) is 0 Å². The van der Waals surface area contributed by atoms with Gasteiger partial charge in [-0.1, -0.05) is 29.8 Å². The Kier molecular flexibility index (Phi) is 3.08. The number of hydrogen-bond acceptors (Lipinski definition) is 2. The maximum absolute atomic E-state index is 10.4. The van der Waals surface area contributed by atoms with E-state index in [1.165, 1.54) is 17.7 Å². The van der Waals surface area contributed by atoms with Crippen molar-refractivity contribution in [2.45, 2.75) is 37.5 Å². The average molecular weight is 222 g/mol. The van der Waals surface area contributed by atoms with Gasteiger partial charge in [-0.25, -0.2) is 0 Å². The molecule has 82 valence electrons. The summed E-state index contributed by atoms with van der Waals surface area (Å²) in [6.45, 7) is 4.25. The number of hydrogen-bond donors (Lipinski definition) is 1. The average Bonchev–Trinajstić information content (AvgIpc) is 2.65. The molecular formula is C13H18OS. The van der Waals surface area contributed by atoms with Crippen LogP contribution in [0.1, 0.15) is 37.0 Å². The Bertz CT molecular complexity index is 342. The van der Waals surface area contributed by atoms with Gasteiger partial charge in [0.25, 0.3) is 0 Å². The lowest BCUT2D eigenvalue weighted by Gasteiger charge is -2.29. The van der Waals surface area contributed by atoms with Crippen molar-refractivity contribution in [3.05, 3.63) is 35.4 Å². The lowest BCUT2D eigenvalue weighted by Crippen LogP contribution is -2.26. The Morgan fingerprint density at radius 3 is 2.87 bits per heavy atom. The lowest BCUT2D eigenvalue weighted by atomic mass is 9.92. The van der Waals surface area contributed by atoms with Crippen LogP contribution in [0, 0.1) is 6.92 Å². The van der Waals surface area contributed by atoms with Crippen LogP contribution in [0.25, 0.3) is 0 Å². The Labute approximate surface area is 95.9 Å². The fourth-order valence-electron chi connectivity index (χ4n) is 2.21. The molecule has 2 atom stereocenters. The van der Waals surface area contributed by atoms with E-state index in [4.69, 9.17) is 0 Å². The number of rotatable bonds is 2. The third-order valence-corrected chi connectivity index (χ3v) is 4.77. The maximum atomic E-state index is 10.4. The minimum Gasteiger partial charge on any atom is -0.387 e. The molecule has 2 rings (SSSR count). The number of thioether (sulfide) groups is 1. The first-order valence-corrected chi connectivity index (χ1v) is 6.49. The first-order chi connectivity index (χ1) is 7.12. The van der Waals surface area contributed by atoms with E-state index in [2.05, 4.69) is 26.0 Å². The van der Waals surface area contributed by atoms with Gasteiger partial charge in [0.1, 0.15) is 0 Å². The van der Waals surface area contributed by atoms with Crippen molar-refractivity contribution >= 4 is 11.8 Å². The van der Waals surface area contributed by atoms with E-state index < -0.39 is 0 Å². The summed E-state index contributed by atoms with van der Waals surface area (Å²) in [6, 6.07) is 8.22. The van der Waals surface area contributed by atoms with Gasteiger partial charge in [0.2, 0.25) is 0 Å². The van der Waals surface area contributed by atoms with Crippen LogP contribution in [0.3, 0.4) is 0 Å². The number of aliphatic hydroxyl groups is 1. The molecule has 0 saturated carbocycles. The molecule has 0 bridgehead atoms. The lowest BCUT2D eigenvalue weighted by molar-refractivity contribution is 0.135. The zero-order valence-electron chi connectivity index (χ0n) is 9.36. The molecule has 1 heterocycles. The molecule has 1 aliphatic rings. The first-order valence-electron chi connectivity index (χ1n) is 5.50. The fourth-order valence-corrected chi connectivity index (χ4v) is 3.55. The second-order valence-electron chi connectivity index (χ2n) is 4.58. The van der Waals surface area contributed by atoms with Crippen LogP contribution in [0.5, 0.6) is 0 Å². The van der Waals surface area contributed by atoms with Gasteiger partial charge in [0, 0.05) is 4.75 Å². The summed E-state index contributed by atoms with van der Waals surface area (Å²) in [4.78, 5) is 0. The zero-order chi connectivity index (χ0) is 10.9. The Morgan fingerprint density at radius 2 is 2.27 bits per heavy atom. The maximum Gasteiger partial charge on any atom is 0.0934 e. The van der Waals surface area contributed by atoms with Crippen molar-refractivity contribution in [1.29, 1.82) is 0 Å². The molecule has 0 radical (unpaired) electrons. The van der Waals surface area contributed by atoms with Crippen molar-refractivity contribution in [2.75, 3.05) is 5.75 Å². The van der Waals surface area contributed by atoms with E-state index >= 15 is 0 Å². The highest BCUT2D eigenvalue weighted by Crippen LogP contribution is 2.46. The molecule has 1 saturated heterocycles. The van der Waals surface area contributed by atoms with Crippen molar-refractivity contribution in [1.82, 2.24) is 0 Å². The van der Waals surface area contributed by atoms with Crippen LogP contribution in [-0.4, -0.2) is 15.6 Å². The fraction of sp³-hybridized carbons (Fsp3) is 0.538. The molecule has 2 unspecified atom stereocenters. The molecule has 1 aromatic rings. The van der Waals surface area contributed by atoms with Gasteiger partial charge in [0.05, 0.1) is 6.10 Å². The van der Waals surface area contributed by atoms with Crippen molar-refractivity contribution < 1.29 is 5.11 Å². The first kappa shape index (κ1) is 11.0. The van der Waals surface area contributed by atoms with Crippen molar-refractivity contribution in [2.24, 2.45) is 0 Å². The second-order valence-corrected chi connectivity index (χ2v) is 6.21. The molecule has 15 heavy (non-hydrogen) atoms. The molecule has 0 aliphatic carbocycles. The zero-order valence-corrected chi connectivity index (χ0v) is 10.2. The molecular weight excluding hydrogens is 204 g/mol. The molecule has 2 heteroatoms. The van der Waals surface area contributed by atoms with Crippen LogP contribution in [0.2, 0.25) is 0 Å². The summed E-state index contributed by atoms with van der Waals surface area (Å²) < 4.78 is 0.0216. The highest BCUT2D eigenvalue weighted by Gasteiger charge is 2.37. The molecule has 0 spiro atoms. The number of benzene rings is 1. The molecule has 0 aromatic heterocycles. The van der Waals surface area contributed by atoms with E-state index in [1.54, 1.807) is 0 Å². The Morgan fingerprint density at radius 1 is 1.47 bits per heavy atom. The van der Waals surface area contributed by atoms with E-state index in [0.717, 1.165) is 12.0 Å². The van der Waals surface area contributed by atoms with Crippen molar-refractivity contribution in [3.8, 4) is 0 Å². The smallest absolute Gasteiger partial charge is 0.0934 e. The van der Waals surface area contributed by atoms with E-state index in [9.17, 15) is 5.11 Å². The van der Waals surface area contributed by atoms with E-state index in [1.807, 2.05) is 23.9 Å². The van der Waals surface area contributed by atoms with E-state index in [0.29, 0.717) is 0 Å². The summed E-state index contributed by atoms with van der Waals surface area (Å²) in [5, 5.41) is 10.4. The van der Waals surface area contributed by atoms with Crippen LogP contribution in [0.4, 0.5) is 0 Å². The normalized spacial score (nSPS) is 27.9. The molecule has 0 amide bonds. The van der Waals surface area contributed by atoms with Crippen LogP contribution >= 0.6 is 11.8 Å². The highest BCUT2D eigenvalue weighted by molar-refractivity contribution is 8.00. The summed E-state index contributed by atoms with van der Waals surface area (Å²) >= 11 is 1.90. The molecule has 1 aromatic carbocycles. The molecule has 1 aliphatic heterocycles. The van der Waals surface area contributed by atoms with Gasteiger partial charge in [-0.15, -0.1) is 0 Å². The van der Waals surface area contributed by atoms with Gasteiger partial charge < -0.3 is 5.11 Å². The quantitative estimate of drug-likeness (QED) is 0.828. The summed E-state index contributed by atoms with van der Waals surface area (Å²) in [7, 11) is 0. The summed E-state index contributed by atoms with van der Waals surface area (Å²) in [5.41, 5.74) is 2.28. The number of aryl methyl sites for hydroxylation is 1.